The summed E-state index contributed by atoms with van der Waals surface area (Å²) >= 11 is 1.39. The molecule has 2 unspecified atom stereocenters. The predicted octanol–water partition coefficient (Wildman–Crippen LogP) is 1.22. The van der Waals surface area contributed by atoms with Crippen LogP contribution in [0.3, 0.4) is 0 Å². The Balaban J connectivity index is 1.53. The van der Waals surface area contributed by atoms with Crippen molar-refractivity contribution in [2.75, 3.05) is 19.5 Å². The van der Waals surface area contributed by atoms with Gasteiger partial charge < -0.3 is 20.9 Å². The number of methoxy groups -OCH3 is 1. The Bertz CT molecular complexity index is 1060. The smallest absolute Gasteiger partial charge is 0.352 e. The highest BCUT2D eigenvalue weighted by molar-refractivity contribution is 8.00. The van der Waals surface area contributed by atoms with Gasteiger partial charge in [-0.15, -0.1) is 11.8 Å². The molecular formula is C21H21N3O5S. The van der Waals surface area contributed by atoms with Gasteiger partial charge in [-0.25, -0.2) is 4.79 Å². The van der Waals surface area contributed by atoms with Gasteiger partial charge in [0.25, 0.3) is 5.91 Å². The van der Waals surface area contributed by atoms with Crippen molar-refractivity contribution in [2.24, 2.45) is 5.73 Å². The fraction of sp³-hybridized carbons (Fsp3) is 0.286. The van der Waals surface area contributed by atoms with Crippen molar-refractivity contribution in [3.05, 3.63) is 59.3 Å². The second-order valence-corrected chi connectivity index (χ2v) is 8.24. The zero-order chi connectivity index (χ0) is 21.4. The summed E-state index contributed by atoms with van der Waals surface area (Å²) < 4.78 is 5.05. The highest BCUT2D eigenvalue weighted by Crippen LogP contribution is 2.40. The molecule has 2 aromatic rings. The number of aliphatic carboxylic acids is 1. The van der Waals surface area contributed by atoms with Crippen LogP contribution in [-0.2, 0) is 19.1 Å². The summed E-state index contributed by atoms with van der Waals surface area (Å²) in [6.45, 7) is 0.133. The van der Waals surface area contributed by atoms with Crippen LogP contribution in [-0.4, -0.2) is 58.7 Å². The van der Waals surface area contributed by atoms with Crippen LogP contribution < -0.4 is 11.1 Å². The number of benzene rings is 2. The Kier molecular flexibility index (Phi) is 5.50. The van der Waals surface area contributed by atoms with Crippen molar-refractivity contribution in [2.45, 2.75) is 17.5 Å². The van der Waals surface area contributed by atoms with E-state index in [1.54, 1.807) is 6.07 Å². The van der Waals surface area contributed by atoms with Crippen molar-refractivity contribution in [1.82, 2.24) is 10.2 Å². The maximum absolute atomic E-state index is 12.8. The van der Waals surface area contributed by atoms with Gasteiger partial charge in [0.05, 0.1) is 6.61 Å². The summed E-state index contributed by atoms with van der Waals surface area (Å²) in [6, 6.07) is 11.4. The van der Waals surface area contributed by atoms with E-state index in [4.69, 9.17) is 10.5 Å². The number of carboxylic acids is 1. The molecule has 2 amide bonds. The van der Waals surface area contributed by atoms with E-state index in [0.29, 0.717) is 16.9 Å². The maximum atomic E-state index is 12.8. The van der Waals surface area contributed by atoms with Crippen molar-refractivity contribution >= 4 is 40.3 Å². The third kappa shape index (κ3) is 3.34. The first kappa shape index (κ1) is 20.4. The van der Waals surface area contributed by atoms with Crippen LogP contribution in [0.2, 0.25) is 0 Å². The van der Waals surface area contributed by atoms with Gasteiger partial charge in [0.2, 0.25) is 5.91 Å². The van der Waals surface area contributed by atoms with E-state index in [1.165, 1.54) is 23.8 Å². The second-order valence-electron chi connectivity index (χ2n) is 7.13. The van der Waals surface area contributed by atoms with Crippen LogP contribution in [0.4, 0.5) is 0 Å². The van der Waals surface area contributed by atoms with Gasteiger partial charge >= 0.3 is 5.97 Å². The number of β-lactam (4-membered cyclic amide) rings is 1. The molecule has 0 bridgehead atoms. The van der Waals surface area contributed by atoms with E-state index < -0.39 is 35.2 Å². The molecular weight excluding hydrogens is 406 g/mol. The molecule has 0 radical (unpaired) electrons. The van der Waals surface area contributed by atoms with Crippen molar-refractivity contribution in [3.8, 4) is 0 Å². The lowest BCUT2D eigenvalue weighted by Crippen LogP contribution is -2.71. The zero-order valence-electron chi connectivity index (χ0n) is 16.2. The van der Waals surface area contributed by atoms with Crippen molar-refractivity contribution < 1.29 is 24.2 Å². The third-order valence-corrected chi connectivity index (χ3v) is 6.65. The number of nitrogens with two attached hydrogens (primary N) is 1. The molecule has 2 heterocycles. The van der Waals surface area contributed by atoms with Gasteiger partial charge in [0.1, 0.15) is 23.2 Å². The normalized spacial score (nSPS) is 21.8. The molecule has 3 atom stereocenters. The topological polar surface area (TPSA) is 122 Å². The molecule has 1 saturated heterocycles. The van der Waals surface area contributed by atoms with Crippen molar-refractivity contribution in [3.63, 3.8) is 0 Å². The number of carboxylic acid groups (broad SMARTS) is 1. The summed E-state index contributed by atoms with van der Waals surface area (Å²) in [4.78, 5) is 38.4. The molecule has 156 valence electrons. The van der Waals surface area contributed by atoms with Crippen LogP contribution in [0.25, 0.3) is 10.8 Å². The summed E-state index contributed by atoms with van der Waals surface area (Å²) in [5, 5.41) is 13.6. The number of carbonyl (C=O) groups excluding carboxylic acids is 2. The average Bonchev–Trinajstić information content (AvgIpc) is 2.76. The van der Waals surface area contributed by atoms with Crippen LogP contribution >= 0.6 is 11.8 Å². The van der Waals surface area contributed by atoms with Gasteiger partial charge in [-0.1, -0.05) is 42.5 Å². The molecule has 1 fully saturated rings. The fourth-order valence-electron chi connectivity index (χ4n) is 3.87. The number of amides is 2. The molecule has 0 spiro atoms. The number of hydrogen-bond donors (Lipinski definition) is 3. The molecule has 4 rings (SSSR count). The number of thioether (sulfide) groups is 1. The number of carbonyl (C=O) groups is 3. The SMILES string of the molecule is COCC1=C(C(=O)O)N2C(=O)C(NC(=O)C(N)c3cccc4ccccc34)[C@H]2SC1. The molecule has 0 saturated carbocycles. The molecule has 0 aromatic heterocycles. The molecule has 0 aliphatic carbocycles. The van der Waals surface area contributed by atoms with Crippen LogP contribution in [0.5, 0.6) is 0 Å². The van der Waals surface area contributed by atoms with E-state index in [-0.39, 0.29) is 12.3 Å². The molecule has 2 aromatic carbocycles. The second kappa shape index (κ2) is 8.10. The fourth-order valence-corrected chi connectivity index (χ4v) is 5.20. The standard InChI is InChI=1S/C21H21N3O5S/c1-29-9-12-10-30-20-16(19(26)24(20)17(12)21(27)28)23-18(25)15(22)14-8-4-6-11-5-2-3-7-13(11)14/h2-8,15-16,20H,9-10,22H2,1H3,(H,23,25)(H,27,28)/t15?,16?,20-/m1/s1. The summed E-state index contributed by atoms with van der Waals surface area (Å²) in [6.07, 6.45) is 0. The van der Waals surface area contributed by atoms with Gasteiger partial charge in [-0.05, 0) is 21.9 Å². The highest BCUT2D eigenvalue weighted by atomic mass is 32.2. The van der Waals surface area contributed by atoms with E-state index >= 15 is 0 Å². The van der Waals surface area contributed by atoms with E-state index in [0.717, 1.165) is 10.8 Å². The highest BCUT2D eigenvalue weighted by Gasteiger charge is 2.54. The van der Waals surface area contributed by atoms with Gasteiger partial charge in [-0.2, -0.15) is 0 Å². The Morgan fingerprint density at radius 1 is 1.30 bits per heavy atom. The Hall–Kier alpha value is -2.88. The summed E-state index contributed by atoms with van der Waals surface area (Å²) in [7, 11) is 1.47. The van der Waals surface area contributed by atoms with Gasteiger partial charge in [-0.3, -0.25) is 14.5 Å². The lowest BCUT2D eigenvalue weighted by atomic mass is 9.97. The number of ether oxygens (including phenoxy) is 1. The number of hydrogen-bond acceptors (Lipinski definition) is 6. The number of nitrogens with zero attached hydrogens (tertiary/aromatic N) is 1. The molecule has 2 aliphatic heterocycles. The number of rotatable bonds is 6. The largest absolute Gasteiger partial charge is 0.477 e. The first-order chi connectivity index (χ1) is 14.4. The first-order valence-electron chi connectivity index (χ1n) is 9.36. The zero-order valence-corrected chi connectivity index (χ0v) is 17.0. The summed E-state index contributed by atoms with van der Waals surface area (Å²) in [5.41, 5.74) is 7.36. The first-order valence-corrected chi connectivity index (χ1v) is 10.4. The Labute approximate surface area is 177 Å². The number of nitrogens with one attached hydrogen (secondary N) is 1. The molecule has 9 heteroatoms. The van der Waals surface area contributed by atoms with E-state index in [1.807, 2.05) is 36.4 Å². The maximum Gasteiger partial charge on any atom is 0.352 e. The molecule has 8 nitrogen and oxygen atoms in total. The Morgan fingerprint density at radius 3 is 2.77 bits per heavy atom. The van der Waals surface area contributed by atoms with Gasteiger partial charge in [0, 0.05) is 12.9 Å². The minimum absolute atomic E-state index is 0.0607. The number of fused-ring (bicyclic) bond motifs is 2. The lowest BCUT2D eigenvalue weighted by Gasteiger charge is -2.49. The van der Waals surface area contributed by atoms with E-state index in [2.05, 4.69) is 5.32 Å². The van der Waals surface area contributed by atoms with Crippen LogP contribution in [0.15, 0.2) is 53.7 Å². The molecule has 30 heavy (non-hydrogen) atoms. The van der Waals surface area contributed by atoms with Crippen LogP contribution in [0, 0.1) is 0 Å². The van der Waals surface area contributed by atoms with Gasteiger partial charge in [0.15, 0.2) is 0 Å². The molecule has 4 N–H and O–H groups in total. The predicted molar refractivity (Wildman–Crippen MR) is 112 cm³/mol. The Morgan fingerprint density at radius 2 is 2.03 bits per heavy atom. The quantitative estimate of drug-likeness (QED) is 0.593. The van der Waals surface area contributed by atoms with Crippen molar-refractivity contribution in [1.29, 1.82) is 0 Å². The lowest BCUT2D eigenvalue weighted by molar-refractivity contribution is -0.151. The van der Waals surface area contributed by atoms with Crippen LogP contribution in [0.1, 0.15) is 11.6 Å². The minimum atomic E-state index is -1.18. The van der Waals surface area contributed by atoms with E-state index in [9.17, 15) is 19.5 Å². The average molecular weight is 427 g/mol. The monoisotopic (exact) mass is 427 g/mol. The minimum Gasteiger partial charge on any atom is -0.477 e. The molecule has 2 aliphatic rings. The summed E-state index contributed by atoms with van der Waals surface area (Å²) in [5.74, 6) is -1.71. The third-order valence-electron chi connectivity index (χ3n) is 5.31.